The van der Waals surface area contributed by atoms with Crippen LogP contribution >= 0.6 is 0 Å². The third-order valence-electron chi connectivity index (χ3n) is 1.09. The van der Waals surface area contributed by atoms with Gasteiger partial charge < -0.3 is 0 Å². The molecular weight excluding hydrogens is 118 g/mol. The molecule has 0 aliphatic carbocycles. The van der Waals surface area contributed by atoms with Crippen molar-refractivity contribution >= 4 is 5.91 Å². The third-order valence-corrected chi connectivity index (χ3v) is 1.09. The summed E-state index contributed by atoms with van der Waals surface area (Å²) in [7, 11) is 0. The Morgan fingerprint density at radius 3 is 2.56 bits per heavy atom. The zero-order valence-electron chi connectivity index (χ0n) is 5.92. The second-order valence-corrected chi connectivity index (χ2v) is 2.00. The van der Waals surface area contributed by atoms with E-state index in [-0.39, 0.29) is 5.91 Å². The summed E-state index contributed by atoms with van der Waals surface area (Å²) in [5.74, 6) is -0.288. The van der Waals surface area contributed by atoms with Gasteiger partial charge in [0.25, 0.3) is 0 Å². The van der Waals surface area contributed by atoms with Gasteiger partial charge in [-0.05, 0) is 6.42 Å². The summed E-state index contributed by atoms with van der Waals surface area (Å²) in [5.41, 5.74) is 0. The van der Waals surface area contributed by atoms with E-state index in [2.05, 4.69) is 0 Å². The molecule has 0 aromatic carbocycles. The fraction of sp³-hybridized carbons (Fsp3) is 0.833. The van der Waals surface area contributed by atoms with Crippen molar-refractivity contribution in [3.8, 4) is 0 Å². The van der Waals surface area contributed by atoms with Crippen LogP contribution in [0.2, 0.25) is 0 Å². The predicted molar refractivity (Wildman–Crippen MR) is 34.1 cm³/mol. The minimum Gasteiger partial charge on any atom is -0.286 e. The molecule has 0 heterocycles. The molecule has 0 saturated carbocycles. The molecule has 0 aromatic rings. The van der Waals surface area contributed by atoms with Crippen LogP contribution in [0.5, 0.6) is 0 Å². The largest absolute Gasteiger partial charge is 0.286 e. The zero-order chi connectivity index (χ0) is 7.28. The molecule has 0 radical (unpaired) electrons. The molecule has 3 nitrogen and oxygen atoms in total. The van der Waals surface area contributed by atoms with Gasteiger partial charge in [0.2, 0.25) is 5.91 Å². The van der Waals surface area contributed by atoms with Gasteiger partial charge in [-0.25, -0.2) is 5.06 Å². The average molecular weight is 131 g/mol. The average Bonchev–Trinajstić information content (AvgIpc) is 1.82. The summed E-state index contributed by atoms with van der Waals surface area (Å²) < 4.78 is 0. The third kappa shape index (κ3) is 3.97. The Morgan fingerprint density at radius 1 is 1.67 bits per heavy atom. The van der Waals surface area contributed by atoms with E-state index in [0.717, 1.165) is 17.9 Å². The first-order chi connectivity index (χ1) is 4.18. The monoisotopic (exact) mass is 131 g/mol. The molecule has 0 atom stereocenters. The van der Waals surface area contributed by atoms with E-state index in [4.69, 9.17) is 5.21 Å². The SMILES string of the molecule is CCCCN(O)C(C)=O. The molecule has 0 aliphatic heterocycles. The normalized spacial score (nSPS) is 9.22. The highest BCUT2D eigenvalue weighted by Crippen LogP contribution is 1.90. The molecule has 0 aromatic heterocycles. The quantitative estimate of drug-likeness (QED) is 0.459. The Bertz CT molecular complexity index is 93.1. The molecule has 0 aliphatic rings. The van der Waals surface area contributed by atoms with Gasteiger partial charge in [0.15, 0.2) is 0 Å². The van der Waals surface area contributed by atoms with E-state index in [1.54, 1.807) is 0 Å². The first-order valence-corrected chi connectivity index (χ1v) is 3.15. The summed E-state index contributed by atoms with van der Waals surface area (Å²) in [6.07, 6.45) is 1.85. The van der Waals surface area contributed by atoms with Gasteiger partial charge in [0.05, 0.1) is 0 Å². The molecule has 1 N–H and O–H groups in total. The van der Waals surface area contributed by atoms with E-state index in [0.29, 0.717) is 6.54 Å². The summed E-state index contributed by atoms with van der Waals surface area (Å²) in [5, 5.41) is 9.48. The van der Waals surface area contributed by atoms with Crippen LogP contribution in [0.15, 0.2) is 0 Å². The molecule has 0 rings (SSSR count). The number of hydrogen-bond donors (Lipinski definition) is 1. The predicted octanol–water partition coefficient (Wildman–Crippen LogP) is 1.02. The van der Waals surface area contributed by atoms with Crippen LogP contribution in [0.4, 0.5) is 0 Å². The fourth-order valence-electron chi connectivity index (χ4n) is 0.465. The lowest BCUT2D eigenvalue weighted by atomic mass is 10.3. The van der Waals surface area contributed by atoms with Crippen molar-refractivity contribution in [2.24, 2.45) is 0 Å². The molecule has 1 amide bonds. The molecule has 0 spiro atoms. The van der Waals surface area contributed by atoms with E-state index in [1.165, 1.54) is 6.92 Å². The summed E-state index contributed by atoms with van der Waals surface area (Å²) in [6, 6.07) is 0. The van der Waals surface area contributed by atoms with Gasteiger partial charge in [-0.1, -0.05) is 13.3 Å². The van der Waals surface area contributed by atoms with Crippen LogP contribution in [-0.4, -0.2) is 22.7 Å². The van der Waals surface area contributed by atoms with E-state index in [1.807, 2.05) is 6.92 Å². The molecule has 9 heavy (non-hydrogen) atoms. The van der Waals surface area contributed by atoms with Gasteiger partial charge in [0.1, 0.15) is 0 Å². The number of rotatable bonds is 3. The Balaban J connectivity index is 3.27. The maximum Gasteiger partial charge on any atom is 0.242 e. The van der Waals surface area contributed by atoms with Gasteiger partial charge in [0, 0.05) is 13.5 Å². The van der Waals surface area contributed by atoms with Crippen LogP contribution in [0, 0.1) is 0 Å². The lowest BCUT2D eigenvalue weighted by Crippen LogP contribution is -2.25. The Labute approximate surface area is 55.2 Å². The summed E-state index contributed by atoms with van der Waals surface area (Å²) in [6.45, 7) is 3.80. The van der Waals surface area contributed by atoms with Crippen LogP contribution in [0.3, 0.4) is 0 Å². The highest BCUT2D eigenvalue weighted by molar-refractivity contribution is 5.71. The summed E-state index contributed by atoms with van der Waals surface area (Å²) in [4.78, 5) is 10.3. The number of hydroxylamine groups is 2. The maximum absolute atomic E-state index is 10.3. The second-order valence-electron chi connectivity index (χ2n) is 2.00. The minimum absolute atomic E-state index is 0.288. The smallest absolute Gasteiger partial charge is 0.242 e. The van der Waals surface area contributed by atoms with Crippen molar-refractivity contribution in [1.29, 1.82) is 0 Å². The Kier molecular flexibility index (Phi) is 4.05. The van der Waals surface area contributed by atoms with Crippen molar-refractivity contribution in [1.82, 2.24) is 5.06 Å². The highest BCUT2D eigenvalue weighted by atomic mass is 16.5. The first kappa shape index (κ1) is 8.43. The minimum atomic E-state index is -0.288. The number of amides is 1. The topological polar surface area (TPSA) is 40.5 Å². The number of nitrogens with zero attached hydrogens (tertiary/aromatic N) is 1. The molecule has 0 bridgehead atoms. The first-order valence-electron chi connectivity index (χ1n) is 3.15. The fourth-order valence-corrected chi connectivity index (χ4v) is 0.465. The summed E-state index contributed by atoms with van der Waals surface area (Å²) >= 11 is 0. The van der Waals surface area contributed by atoms with Crippen molar-refractivity contribution in [3.63, 3.8) is 0 Å². The van der Waals surface area contributed by atoms with Crippen molar-refractivity contribution in [2.45, 2.75) is 26.7 Å². The standard InChI is InChI=1S/C6H13NO2/c1-3-4-5-7(9)6(2)8/h9H,3-5H2,1-2H3. The molecule has 54 valence electrons. The molecule has 0 fully saturated rings. The number of hydrogen-bond acceptors (Lipinski definition) is 2. The van der Waals surface area contributed by atoms with Crippen molar-refractivity contribution in [2.75, 3.05) is 6.54 Å². The van der Waals surface area contributed by atoms with Gasteiger partial charge >= 0.3 is 0 Å². The zero-order valence-corrected chi connectivity index (χ0v) is 5.92. The molecule has 3 heteroatoms. The van der Waals surface area contributed by atoms with E-state index < -0.39 is 0 Å². The second kappa shape index (κ2) is 4.32. The van der Waals surface area contributed by atoms with Gasteiger partial charge in [-0.2, -0.15) is 0 Å². The van der Waals surface area contributed by atoms with E-state index in [9.17, 15) is 4.79 Å². The van der Waals surface area contributed by atoms with Crippen molar-refractivity contribution < 1.29 is 10.0 Å². The maximum atomic E-state index is 10.3. The van der Waals surface area contributed by atoms with Gasteiger partial charge in [-0.15, -0.1) is 0 Å². The van der Waals surface area contributed by atoms with Crippen LogP contribution in [0.1, 0.15) is 26.7 Å². The van der Waals surface area contributed by atoms with Crippen LogP contribution < -0.4 is 0 Å². The Morgan fingerprint density at radius 2 is 2.22 bits per heavy atom. The number of unbranched alkanes of at least 4 members (excludes halogenated alkanes) is 1. The number of carbonyl (C=O) groups excluding carboxylic acids is 1. The highest BCUT2D eigenvalue weighted by Gasteiger charge is 2.00. The molecular formula is C6H13NO2. The van der Waals surface area contributed by atoms with Crippen molar-refractivity contribution in [3.05, 3.63) is 0 Å². The Hall–Kier alpha value is -0.570. The molecule has 0 unspecified atom stereocenters. The van der Waals surface area contributed by atoms with E-state index >= 15 is 0 Å². The van der Waals surface area contributed by atoms with Crippen LogP contribution in [0.25, 0.3) is 0 Å². The molecule has 0 saturated heterocycles. The lowest BCUT2D eigenvalue weighted by Gasteiger charge is -2.10. The lowest BCUT2D eigenvalue weighted by molar-refractivity contribution is -0.162. The van der Waals surface area contributed by atoms with Gasteiger partial charge in [-0.3, -0.25) is 10.0 Å². The van der Waals surface area contributed by atoms with Crippen LogP contribution in [-0.2, 0) is 4.79 Å². The number of carbonyl (C=O) groups is 1.